The Balaban J connectivity index is 0.00000120. The van der Waals surface area contributed by atoms with Crippen LogP contribution >= 0.6 is 23.7 Å². The van der Waals surface area contributed by atoms with Gasteiger partial charge in [0.1, 0.15) is 10.9 Å². The van der Waals surface area contributed by atoms with Crippen LogP contribution in [0.5, 0.6) is 0 Å². The quantitative estimate of drug-likeness (QED) is 0.918. The first-order valence-electron chi connectivity index (χ1n) is 5.50. The van der Waals surface area contributed by atoms with Crippen molar-refractivity contribution in [2.24, 2.45) is 5.73 Å². The summed E-state index contributed by atoms with van der Waals surface area (Å²) in [7, 11) is 0. The van der Waals surface area contributed by atoms with Gasteiger partial charge in [-0.05, 0) is 30.2 Å². The average Bonchev–Trinajstić information content (AvgIpc) is 2.92. The smallest absolute Gasteiger partial charge is 0.110 e. The van der Waals surface area contributed by atoms with Gasteiger partial charge in [-0.2, -0.15) is 5.26 Å². The van der Waals surface area contributed by atoms with Gasteiger partial charge < -0.3 is 5.73 Å². The third kappa shape index (κ3) is 2.39. The molecule has 2 aromatic rings. The number of nitriles is 1. The summed E-state index contributed by atoms with van der Waals surface area (Å²) in [5.74, 6) is 0.495. The minimum Gasteiger partial charge on any atom is -0.327 e. The summed E-state index contributed by atoms with van der Waals surface area (Å²) < 4.78 is 0. The Hall–Kier alpha value is -1.41. The second-order valence-electron chi connectivity index (χ2n) is 4.26. The van der Waals surface area contributed by atoms with Crippen LogP contribution in [0.25, 0.3) is 10.6 Å². The molecule has 92 valence electrons. The highest BCUT2D eigenvalue weighted by molar-refractivity contribution is 7.15. The van der Waals surface area contributed by atoms with E-state index >= 15 is 0 Å². The number of nitrogens with two attached hydrogens (primary N) is 1. The summed E-state index contributed by atoms with van der Waals surface area (Å²) in [6.45, 7) is 0. The van der Waals surface area contributed by atoms with Crippen molar-refractivity contribution in [1.29, 1.82) is 5.26 Å². The van der Waals surface area contributed by atoms with E-state index in [-0.39, 0.29) is 12.4 Å². The summed E-state index contributed by atoms with van der Waals surface area (Å²) in [6, 6.07) is 10.3. The molecule has 0 aliphatic heterocycles. The van der Waals surface area contributed by atoms with Gasteiger partial charge >= 0.3 is 0 Å². The third-order valence-corrected chi connectivity index (χ3v) is 4.04. The van der Waals surface area contributed by atoms with Crippen LogP contribution in [0.2, 0.25) is 0 Å². The molecule has 1 saturated carbocycles. The number of thiophene rings is 1. The molecular weight excluding hydrogens is 266 g/mol. The number of nitrogens with zero attached hydrogens (tertiary/aromatic N) is 2. The molecule has 3 nitrogen and oxygen atoms in total. The van der Waals surface area contributed by atoms with Crippen LogP contribution in [-0.2, 0) is 0 Å². The van der Waals surface area contributed by atoms with Gasteiger partial charge in [0.25, 0.3) is 0 Å². The molecule has 1 aliphatic rings. The summed E-state index contributed by atoms with van der Waals surface area (Å²) in [5, 5.41) is 8.78. The van der Waals surface area contributed by atoms with E-state index < -0.39 is 0 Å². The van der Waals surface area contributed by atoms with E-state index in [0.29, 0.717) is 12.0 Å². The second kappa shape index (κ2) is 5.07. The number of pyridine rings is 1. The van der Waals surface area contributed by atoms with Crippen molar-refractivity contribution in [3.05, 3.63) is 40.9 Å². The fourth-order valence-electron chi connectivity index (χ4n) is 1.90. The minimum atomic E-state index is 0. The first-order chi connectivity index (χ1) is 8.28. The molecule has 0 bridgehead atoms. The van der Waals surface area contributed by atoms with Crippen molar-refractivity contribution in [2.45, 2.75) is 18.4 Å². The highest BCUT2D eigenvalue weighted by atomic mass is 35.5. The molecule has 0 aromatic carbocycles. The van der Waals surface area contributed by atoms with Crippen molar-refractivity contribution in [3.63, 3.8) is 0 Å². The molecule has 0 amide bonds. The molecule has 1 fully saturated rings. The molecule has 0 spiro atoms. The van der Waals surface area contributed by atoms with Crippen molar-refractivity contribution >= 4 is 23.7 Å². The van der Waals surface area contributed by atoms with E-state index in [0.717, 1.165) is 21.9 Å². The predicted molar refractivity (Wildman–Crippen MR) is 74.8 cm³/mol. The molecule has 0 unspecified atom stereocenters. The highest BCUT2D eigenvalue weighted by Crippen LogP contribution is 2.39. The lowest BCUT2D eigenvalue weighted by Gasteiger charge is -2.00. The minimum absolute atomic E-state index is 0. The number of hydrogen-bond acceptors (Lipinski definition) is 4. The first kappa shape index (κ1) is 13.0. The van der Waals surface area contributed by atoms with Gasteiger partial charge in [0.15, 0.2) is 0 Å². The highest BCUT2D eigenvalue weighted by Gasteiger charge is 2.34. The lowest BCUT2D eigenvalue weighted by atomic mass is 10.1. The number of halogens is 1. The van der Waals surface area contributed by atoms with Gasteiger partial charge in [0, 0.05) is 18.2 Å². The van der Waals surface area contributed by atoms with E-state index in [1.165, 1.54) is 16.9 Å². The van der Waals surface area contributed by atoms with Crippen LogP contribution < -0.4 is 5.73 Å². The number of hydrogen-bond donors (Lipinski definition) is 1. The van der Waals surface area contributed by atoms with Gasteiger partial charge in [-0.3, -0.25) is 4.98 Å². The van der Waals surface area contributed by atoms with Crippen LogP contribution in [0.4, 0.5) is 0 Å². The van der Waals surface area contributed by atoms with E-state index in [1.54, 1.807) is 0 Å². The Morgan fingerprint density at radius 3 is 2.61 bits per heavy atom. The molecule has 18 heavy (non-hydrogen) atoms. The molecule has 2 aromatic heterocycles. The Bertz CT molecular complexity index is 585. The van der Waals surface area contributed by atoms with Crippen molar-refractivity contribution in [3.8, 4) is 16.6 Å². The zero-order valence-corrected chi connectivity index (χ0v) is 11.2. The zero-order valence-electron chi connectivity index (χ0n) is 9.54. The van der Waals surface area contributed by atoms with Gasteiger partial charge in [-0.1, -0.05) is 6.07 Å². The van der Waals surface area contributed by atoms with Gasteiger partial charge in [-0.15, -0.1) is 23.7 Å². The fourth-order valence-corrected chi connectivity index (χ4v) is 2.68. The van der Waals surface area contributed by atoms with E-state index in [2.05, 4.69) is 17.1 Å². The van der Waals surface area contributed by atoms with Crippen LogP contribution in [0.15, 0.2) is 30.5 Å². The molecule has 0 radical (unpaired) electrons. The Morgan fingerprint density at radius 1 is 1.33 bits per heavy atom. The molecule has 2 N–H and O–H groups in total. The van der Waals surface area contributed by atoms with Crippen LogP contribution in [0, 0.1) is 11.3 Å². The molecule has 5 heteroatoms. The van der Waals surface area contributed by atoms with Crippen molar-refractivity contribution < 1.29 is 0 Å². The van der Waals surface area contributed by atoms with E-state index in [4.69, 9.17) is 11.0 Å². The molecule has 3 rings (SSSR count). The molecule has 2 atom stereocenters. The van der Waals surface area contributed by atoms with E-state index in [1.807, 2.05) is 24.4 Å². The third-order valence-electron chi connectivity index (χ3n) is 3.02. The lowest BCUT2D eigenvalue weighted by Crippen LogP contribution is -2.01. The van der Waals surface area contributed by atoms with Gasteiger partial charge in [-0.25, -0.2) is 0 Å². The summed E-state index contributed by atoms with van der Waals surface area (Å²) in [4.78, 5) is 6.19. The molecule has 2 heterocycles. The Morgan fingerprint density at radius 2 is 2.11 bits per heavy atom. The average molecular weight is 278 g/mol. The predicted octanol–water partition coefficient (Wildman–Crippen LogP) is 2.92. The first-order valence-corrected chi connectivity index (χ1v) is 6.31. The monoisotopic (exact) mass is 277 g/mol. The number of aromatic nitrogens is 1. The maximum absolute atomic E-state index is 8.78. The molecular formula is C13H12ClN3S. The molecule has 0 saturated heterocycles. The second-order valence-corrected chi connectivity index (χ2v) is 5.34. The fraction of sp³-hybridized carbons (Fsp3) is 0.231. The lowest BCUT2D eigenvalue weighted by molar-refractivity contribution is 0.981. The maximum Gasteiger partial charge on any atom is 0.110 e. The van der Waals surface area contributed by atoms with E-state index in [9.17, 15) is 0 Å². The number of rotatable bonds is 2. The summed E-state index contributed by atoms with van der Waals surface area (Å²) in [5.41, 5.74) is 7.95. The van der Waals surface area contributed by atoms with Crippen LogP contribution in [0.1, 0.15) is 22.8 Å². The van der Waals surface area contributed by atoms with Gasteiger partial charge in [0.05, 0.1) is 10.6 Å². The van der Waals surface area contributed by atoms with Crippen molar-refractivity contribution in [1.82, 2.24) is 4.98 Å². The Kier molecular flexibility index (Phi) is 3.67. The molecule has 1 aliphatic carbocycles. The van der Waals surface area contributed by atoms with Crippen LogP contribution in [0.3, 0.4) is 0 Å². The van der Waals surface area contributed by atoms with Gasteiger partial charge in [0.2, 0.25) is 0 Å². The standard InChI is InChI=1S/C13H11N3S.ClH/c14-6-9-2-4-13(17-9)12-3-1-8(7-16-12)10-5-11(10)15;/h1-4,7,10-11H,5,15H2;1H/t10-,11+;/m1./s1. The summed E-state index contributed by atoms with van der Waals surface area (Å²) in [6.07, 6.45) is 2.97. The SMILES string of the molecule is Cl.N#Cc1ccc(-c2ccc([C@H]3C[C@@H]3N)cn2)s1. The topological polar surface area (TPSA) is 62.7 Å². The van der Waals surface area contributed by atoms with Crippen molar-refractivity contribution in [2.75, 3.05) is 0 Å². The maximum atomic E-state index is 8.78. The normalized spacial score (nSPS) is 20.9. The van der Waals surface area contributed by atoms with Crippen LogP contribution in [-0.4, -0.2) is 11.0 Å². The Labute approximate surface area is 116 Å². The zero-order chi connectivity index (χ0) is 11.8. The largest absolute Gasteiger partial charge is 0.327 e. The summed E-state index contributed by atoms with van der Waals surface area (Å²) >= 11 is 1.47.